The Balaban J connectivity index is 2.36. The predicted octanol–water partition coefficient (Wildman–Crippen LogP) is 3.74. The summed E-state index contributed by atoms with van der Waals surface area (Å²) in [7, 11) is 0. The van der Waals surface area contributed by atoms with E-state index in [0.717, 1.165) is 12.1 Å². The Morgan fingerprint density at radius 2 is 1.90 bits per heavy atom. The third kappa shape index (κ3) is 3.20. The Morgan fingerprint density at radius 3 is 2.57 bits per heavy atom. The van der Waals surface area contributed by atoms with Gasteiger partial charge in [-0.25, -0.2) is 9.18 Å². The number of amides is 1. The van der Waals surface area contributed by atoms with Gasteiger partial charge in [0.1, 0.15) is 5.82 Å². The summed E-state index contributed by atoms with van der Waals surface area (Å²) in [6, 6.07) is 7.97. The first-order valence-electron chi connectivity index (χ1n) is 5.99. The summed E-state index contributed by atoms with van der Waals surface area (Å²) < 4.78 is 13.1. The van der Waals surface area contributed by atoms with E-state index >= 15 is 0 Å². The van der Waals surface area contributed by atoms with E-state index in [1.165, 1.54) is 6.07 Å². The standard InChI is InChI=1S/C15H11ClFNO3/c1-8-10(3-2-4-12(8)16)14(19)18-13-6-5-9(17)7-11(13)15(20)21/h2-7H,1H3,(H,18,19)(H,20,21). The largest absolute Gasteiger partial charge is 0.478 e. The van der Waals surface area contributed by atoms with Gasteiger partial charge in [0.15, 0.2) is 0 Å². The Kier molecular flexibility index (Phi) is 4.23. The van der Waals surface area contributed by atoms with Crippen LogP contribution in [0.2, 0.25) is 5.02 Å². The molecule has 6 heteroatoms. The quantitative estimate of drug-likeness (QED) is 0.907. The van der Waals surface area contributed by atoms with Crippen LogP contribution in [-0.4, -0.2) is 17.0 Å². The molecule has 2 aromatic carbocycles. The van der Waals surface area contributed by atoms with Crippen molar-refractivity contribution in [1.29, 1.82) is 0 Å². The first-order valence-corrected chi connectivity index (χ1v) is 6.37. The van der Waals surface area contributed by atoms with Gasteiger partial charge in [0.25, 0.3) is 5.91 Å². The monoisotopic (exact) mass is 307 g/mol. The number of aromatic carboxylic acids is 1. The van der Waals surface area contributed by atoms with Crippen LogP contribution in [0.15, 0.2) is 36.4 Å². The predicted molar refractivity (Wildman–Crippen MR) is 77.5 cm³/mol. The van der Waals surface area contributed by atoms with Crippen molar-refractivity contribution in [3.8, 4) is 0 Å². The lowest BCUT2D eigenvalue weighted by molar-refractivity contribution is 0.0697. The zero-order valence-corrected chi connectivity index (χ0v) is 11.7. The van der Waals surface area contributed by atoms with Crippen molar-refractivity contribution in [3.63, 3.8) is 0 Å². The molecule has 2 aromatic rings. The van der Waals surface area contributed by atoms with Gasteiger partial charge in [-0.2, -0.15) is 0 Å². The maximum Gasteiger partial charge on any atom is 0.337 e. The molecule has 0 atom stereocenters. The lowest BCUT2D eigenvalue weighted by Crippen LogP contribution is -2.16. The summed E-state index contributed by atoms with van der Waals surface area (Å²) >= 11 is 5.94. The van der Waals surface area contributed by atoms with Crippen LogP contribution in [0.5, 0.6) is 0 Å². The molecule has 0 heterocycles. The molecule has 0 fully saturated rings. The van der Waals surface area contributed by atoms with Crippen molar-refractivity contribution in [3.05, 3.63) is 63.9 Å². The normalized spacial score (nSPS) is 10.2. The smallest absolute Gasteiger partial charge is 0.337 e. The lowest BCUT2D eigenvalue weighted by atomic mass is 10.1. The first kappa shape index (κ1) is 15.0. The van der Waals surface area contributed by atoms with Crippen LogP contribution in [0.25, 0.3) is 0 Å². The number of carboxylic acid groups (broad SMARTS) is 1. The molecule has 2 N–H and O–H groups in total. The molecular weight excluding hydrogens is 297 g/mol. The van der Waals surface area contributed by atoms with E-state index < -0.39 is 17.7 Å². The Hall–Kier alpha value is -2.40. The molecule has 0 saturated carbocycles. The summed E-state index contributed by atoms with van der Waals surface area (Å²) in [4.78, 5) is 23.3. The molecule has 0 aliphatic rings. The second kappa shape index (κ2) is 5.93. The molecule has 0 aliphatic heterocycles. The average Bonchev–Trinajstić information content (AvgIpc) is 2.43. The maximum absolute atomic E-state index is 13.1. The zero-order chi connectivity index (χ0) is 15.6. The van der Waals surface area contributed by atoms with Gasteiger partial charge in [-0.1, -0.05) is 17.7 Å². The molecule has 0 unspecified atom stereocenters. The maximum atomic E-state index is 13.1. The van der Waals surface area contributed by atoms with Crippen molar-refractivity contribution in [2.45, 2.75) is 6.92 Å². The Morgan fingerprint density at radius 1 is 1.19 bits per heavy atom. The second-order valence-corrected chi connectivity index (χ2v) is 4.77. The van der Waals surface area contributed by atoms with Crippen molar-refractivity contribution >= 4 is 29.2 Å². The Labute approximate surface area is 125 Å². The number of halogens is 2. The van der Waals surface area contributed by atoms with Crippen LogP contribution in [0, 0.1) is 12.7 Å². The minimum absolute atomic E-state index is 0.0216. The summed E-state index contributed by atoms with van der Waals surface area (Å²) in [6.45, 7) is 1.68. The molecule has 108 valence electrons. The highest BCUT2D eigenvalue weighted by Crippen LogP contribution is 2.22. The number of carbonyl (C=O) groups is 2. The lowest BCUT2D eigenvalue weighted by Gasteiger charge is -2.11. The third-order valence-electron chi connectivity index (χ3n) is 2.97. The topological polar surface area (TPSA) is 66.4 Å². The molecule has 0 aromatic heterocycles. The van der Waals surface area contributed by atoms with Crippen LogP contribution in [-0.2, 0) is 0 Å². The number of hydrogen-bond donors (Lipinski definition) is 2. The van der Waals surface area contributed by atoms with Gasteiger partial charge in [-0.3, -0.25) is 4.79 Å². The molecular formula is C15H11ClFNO3. The van der Waals surface area contributed by atoms with E-state index in [1.807, 2.05) is 0 Å². The van der Waals surface area contributed by atoms with Gasteiger partial charge in [0.2, 0.25) is 0 Å². The van der Waals surface area contributed by atoms with Crippen LogP contribution < -0.4 is 5.32 Å². The fourth-order valence-electron chi connectivity index (χ4n) is 1.85. The van der Waals surface area contributed by atoms with Crippen molar-refractivity contribution in [1.82, 2.24) is 0 Å². The SMILES string of the molecule is Cc1c(Cl)cccc1C(=O)Nc1ccc(F)cc1C(=O)O. The average molecular weight is 308 g/mol. The summed E-state index contributed by atoms with van der Waals surface area (Å²) in [5.41, 5.74) is 0.607. The van der Waals surface area contributed by atoms with Gasteiger partial charge >= 0.3 is 5.97 Å². The number of benzene rings is 2. The fourth-order valence-corrected chi connectivity index (χ4v) is 2.02. The highest BCUT2D eigenvalue weighted by Gasteiger charge is 2.16. The van der Waals surface area contributed by atoms with Gasteiger partial charge in [0.05, 0.1) is 11.3 Å². The van der Waals surface area contributed by atoms with Crippen LogP contribution in [0.4, 0.5) is 10.1 Å². The summed E-state index contributed by atoms with van der Waals surface area (Å²) in [5, 5.41) is 11.9. The minimum Gasteiger partial charge on any atom is -0.478 e. The molecule has 0 spiro atoms. The minimum atomic E-state index is -1.33. The van der Waals surface area contributed by atoms with E-state index in [-0.39, 0.29) is 11.3 Å². The highest BCUT2D eigenvalue weighted by atomic mass is 35.5. The van der Waals surface area contributed by atoms with Crippen LogP contribution >= 0.6 is 11.6 Å². The van der Waals surface area contributed by atoms with Gasteiger partial charge < -0.3 is 10.4 Å². The van der Waals surface area contributed by atoms with Gasteiger partial charge in [-0.05, 0) is 42.8 Å². The number of hydrogen-bond acceptors (Lipinski definition) is 2. The Bertz CT molecular complexity index is 731. The van der Waals surface area contributed by atoms with E-state index in [0.29, 0.717) is 16.1 Å². The van der Waals surface area contributed by atoms with E-state index in [4.69, 9.17) is 16.7 Å². The van der Waals surface area contributed by atoms with Crippen LogP contribution in [0.1, 0.15) is 26.3 Å². The molecule has 4 nitrogen and oxygen atoms in total. The molecule has 1 amide bonds. The third-order valence-corrected chi connectivity index (χ3v) is 3.38. The summed E-state index contributed by atoms with van der Waals surface area (Å²) in [5.74, 6) is -2.53. The number of carboxylic acids is 1. The van der Waals surface area contributed by atoms with Crippen molar-refractivity contribution in [2.24, 2.45) is 0 Å². The van der Waals surface area contributed by atoms with E-state index in [9.17, 15) is 14.0 Å². The fraction of sp³-hybridized carbons (Fsp3) is 0.0667. The second-order valence-electron chi connectivity index (χ2n) is 4.36. The van der Waals surface area contributed by atoms with Crippen LogP contribution in [0.3, 0.4) is 0 Å². The molecule has 0 saturated heterocycles. The first-order chi connectivity index (χ1) is 9.90. The number of nitrogens with one attached hydrogen (secondary N) is 1. The summed E-state index contributed by atoms with van der Waals surface area (Å²) in [6.07, 6.45) is 0. The molecule has 0 aliphatic carbocycles. The van der Waals surface area contributed by atoms with E-state index in [2.05, 4.69) is 5.32 Å². The molecule has 2 rings (SSSR count). The number of carbonyl (C=O) groups excluding carboxylic acids is 1. The van der Waals surface area contributed by atoms with Crippen molar-refractivity contribution in [2.75, 3.05) is 5.32 Å². The zero-order valence-electron chi connectivity index (χ0n) is 11.0. The number of anilines is 1. The molecule has 0 bridgehead atoms. The van der Waals surface area contributed by atoms with Gasteiger partial charge in [-0.15, -0.1) is 0 Å². The van der Waals surface area contributed by atoms with Gasteiger partial charge in [0, 0.05) is 10.6 Å². The molecule has 21 heavy (non-hydrogen) atoms. The highest BCUT2D eigenvalue weighted by molar-refractivity contribution is 6.32. The van der Waals surface area contributed by atoms with Crippen molar-refractivity contribution < 1.29 is 19.1 Å². The molecule has 0 radical (unpaired) electrons. The van der Waals surface area contributed by atoms with E-state index in [1.54, 1.807) is 25.1 Å². The number of rotatable bonds is 3.